The molecular weight excluding hydrogens is 577 g/mol. The van der Waals surface area contributed by atoms with E-state index in [1.54, 1.807) is 0 Å². The van der Waals surface area contributed by atoms with Crippen molar-refractivity contribution in [2.75, 3.05) is 11.4 Å². The predicted molar refractivity (Wildman–Crippen MR) is 199 cm³/mol. The molecule has 2 heterocycles. The Morgan fingerprint density at radius 2 is 1.59 bits per heavy atom. The molecule has 3 aromatic carbocycles. The van der Waals surface area contributed by atoms with Gasteiger partial charge in [0.15, 0.2) is 0 Å². The number of para-hydroxylation sites is 1. The minimum absolute atomic E-state index is 0.404. The van der Waals surface area contributed by atoms with Gasteiger partial charge in [-0.3, -0.25) is 0 Å². The zero-order chi connectivity index (χ0) is 31.2. The summed E-state index contributed by atoms with van der Waals surface area (Å²) in [4.78, 5) is 9.39. The first-order valence-electron chi connectivity index (χ1n) is 17.4. The van der Waals surface area contributed by atoms with E-state index in [2.05, 4.69) is 163 Å². The van der Waals surface area contributed by atoms with Gasteiger partial charge in [-0.25, -0.2) is 0 Å². The van der Waals surface area contributed by atoms with Gasteiger partial charge in [0.1, 0.15) is 0 Å². The smallest absolute Gasteiger partial charge is 0.0453 e. The van der Waals surface area contributed by atoms with Gasteiger partial charge in [-0.1, -0.05) is 104 Å². The second-order valence-corrected chi connectivity index (χ2v) is 16.6. The number of benzene rings is 3. The van der Waals surface area contributed by atoms with Crippen molar-refractivity contribution in [1.29, 1.82) is 0 Å². The number of rotatable bonds is 11. The van der Waals surface area contributed by atoms with Crippen LogP contribution in [0.5, 0.6) is 0 Å². The number of nitrogens with zero attached hydrogens (tertiary/aromatic N) is 1. The quantitative estimate of drug-likeness (QED) is 0.165. The lowest BCUT2D eigenvalue weighted by Gasteiger charge is -2.48. The second-order valence-electron chi connectivity index (χ2n) is 13.1. The van der Waals surface area contributed by atoms with Crippen LogP contribution in [0.25, 0.3) is 5.57 Å². The first-order valence-corrected chi connectivity index (χ1v) is 19.2. The molecule has 4 aromatic rings. The van der Waals surface area contributed by atoms with E-state index >= 15 is 0 Å². The number of fused-ring (bicyclic) bond motifs is 1. The molecule has 2 aliphatic carbocycles. The van der Waals surface area contributed by atoms with E-state index in [4.69, 9.17) is 0 Å². The van der Waals surface area contributed by atoms with Crippen molar-refractivity contribution in [3.05, 3.63) is 157 Å². The highest BCUT2D eigenvalue weighted by atomic mass is 32.3. The predicted octanol–water partition coefficient (Wildman–Crippen LogP) is 11.4. The minimum atomic E-state index is -1.53. The molecule has 46 heavy (non-hydrogen) atoms. The fourth-order valence-corrected chi connectivity index (χ4v) is 12.6. The van der Waals surface area contributed by atoms with Crippen LogP contribution in [0, 0.1) is 11.8 Å². The molecule has 0 spiro atoms. The first kappa shape index (κ1) is 30.7. The summed E-state index contributed by atoms with van der Waals surface area (Å²) in [6.07, 6.45) is 26.3. The average Bonchev–Trinajstić information content (AvgIpc) is 3.75. The molecule has 236 valence electrons. The molecule has 4 unspecified atom stereocenters. The lowest BCUT2D eigenvalue weighted by Crippen LogP contribution is -2.33. The third-order valence-electron chi connectivity index (χ3n) is 10.3. The van der Waals surface area contributed by atoms with Crippen LogP contribution in [0.4, 0.5) is 5.69 Å². The van der Waals surface area contributed by atoms with E-state index in [0.29, 0.717) is 23.1 Å². The summed E-state index contributed by atoms with van der Waals surface area (Å²) in [7, 11) is -1.53. The average molecular weight is 625 g/mol. The summed E-state index contributed by atoms with van der Waals surface area (Å²) in [6.45, 7) is 3.40. The number of aromatic amines is 1. The van der Waals surface area contributed by atoms with E-state index in [0.717, 1.165) is 31.6 Å². The number of H-pyrrole nitrogens is 1. The maximum Gasteiger partial charge on any atom is 0.0453 e. The lowest BCUT2D eigenvalue weighted by atomic mass is 9.82. The summed E-state index contributed by atoms with van der Waals surface area (Å²) < 4.78 is 0. The summed E-state index contributed by atoms with van der Waals surface area (Å²) >= 11 is 0. The highest BCUT2D eigenvalue weighted by Crippen LogP contribution is 2.69. The minimum Gasteiger partial charge on any atom is -0.368 e. The van der Waals surface area contributed by atoms with Gasteiger partial charge < -0.3 is 9.88 Å². The van der Waals surface area contributed by atoms with Gasteiger partial charge in [0.25, 0.3) is 0 Å². The third kappa shape index (κ3) is 6.22. The van der Waals surface area contributed by atoms with Crippen molar-refractivity contribution in [1.82, 2.24) is 4.98 Å². The fraction of sp³-hybridized carbons (Fsp3) is 0.302. The van der Waals surface area contributed by atoms with Crippen molar-refractivity contribution < 1.29 is 0 Å². The third-order valence-corrected chi connectivity index (χ3v) is 14.7. The SMILES string of the molecule is CC/C=C\C(CC1CN(c2ccccc2)C2CCC=CC12)S(Cc1c[nH]c(C2=CCCC=C2)c1)(c1ccccc1)c1ccccc1. The van der Waals surface area contributed by atoms with Gasteiger partial charge in [-0.15, -0.1) is 0 Å². The Bertz CT molecular complexity index is 1640. The zero-order valence-corrected chi connectivity index (χ0v) is 28.0. The molecule has 7 rings (SSSR count). The Morgan fingerprint density at radius 1 is 0.870 bits per heavy atom. The van der Waals surface area contributed by atoms with Crippen LogP contribution in [-0.2, 0) is 5.75 Å². The topological polar surface area (TPSA) is 19.0 Å². The number of hydrogen-bond donors (Lipinski definition) is 1. The van der Waals surface area contributed by atoms with Crippen LogP contribution < -0.4 is 4.90 Å². The van der Waals surface area contributed by atoms with Gasteiger partial charge in [0, 0.05) is 47.1 Å². The summed E-state index contributed by atoms with van der Waals surface area (Å²) in [5, 5.41) is 0.404. The molecule has 3 heteroatoms. The molecule has 0 bridgehead atoms. The first-order chi connectivity index (χ1) is 22.8. The van der Waals surface area contributed by atoms with Crippen molar-refractivity contribution in [2.45, 2.75) is 72.3 Å². The highest BCUT2D eigenvalue weighted by Gasteiger charge is 2.45. The van der Waals surface area contributed by atoms with E-state index in [1.807, 2.05) is 0 Å². The summed E-state index contributed by atoms with van der Waals surface area (Å²) in [6, 6.07) is 37.3. The molecule has 1 N–H and O–H groups in total. The van der Waals surface area contributed by atoms with Gasteiger partial charge in [-0.2, -0.15) is 10.0 Å². The molecule has 1 aromatic heterocycles. The molecule has 2 nitrogen and oxygen atoms in total. The summed E-state index contributed by atoms with van der Waals surface area (Å²) in [5.74, 6) is 2.19. The Labute approximate surface area is 278 Å². The highest BCUT2D eigenvalue weighted by molar-refractivity contribution is 8.33. The summed E-state index contributed by atoms with van der Waals surface area (Å²) in [5.41, 5.74) is 5.35. The number of aromatic nitrogens is 1. The van der Waals surface area contributed by atoms with E-state index in [-0.39, 0.29) is 0 Å². The van der Waals surface area contributed by atoms with Crippen molar-refractivity contribution in [3.63, 3.8) is 0 Å². The Hall–Kier alpha value is -3.95. The molecule has 0 saturated carbocycles. The van der Waals surface area contributed by atoms with Gasteiger partial charge >= 0.3 is 0 Å². The van der Waals surface area contributed by atoms with E-state index in [9.17, 15) is 0 Å². The van der Waals surface area contributed by atoms with Crippen LogP contribution in [0.3, 0.4) is 0 Å². The number of nitrogens with one attached hydrogen (secondary N) is 1. The fourth-order valence-electron chi connectivity index (χ4n) is 8.15. The molecule has 1 aliphatic heterocycles. The Kier molecular flexibility index (Phi) is 9.49. The van der Waals surface area contributed by atoms with Gasteiger partial charge in [0.2, 0.25) is 0 Å². The van der Waals surface area contributed by atoms with Gasteiger partial charge in [-0.05, 0) is 108 Å². The molecule has 0 amide bonds. The largest absolute Gasteiger partial charge is 0.368 e. The molecule has 1 fully saturated rings. The van der Waals surface area contributed by atoms with Crippen LogP contribution >= 0.6 is 10.0 Å². The van der Waals surface area contributed by atoms with Crippen LogP contribution in [-0.4, -0.2) is 22.8 Å². The van der Waals surface area contributed by atoms with Crippen LogP contribution in [0.2, 0.25) is 0 Å². The second kappa shape index (κ2) is 14.2. The van der Waals surface area contributed by atoms with Gasteiger partial charge in [0.05, 0.1) is 0 Å². The number of anilines is 1. The normalized spacial score (nSPS) is 22.2. The molecule has 4 atom stereocenters. The maximum atomic E-state index is 3.68. The van der Waals surface area contributed by atoms with Crippen LogP contribution in [0.15, 0.2) is 156 Å². The number of allylic oxidation sites excluding steroid dienone is 6. The lowest BCUT2D eigenvalue weighted by molar-refractivity contribution is 0.398. The van der Waals surface area contributed by atoms with E-state index in [1.165, 1.54) is 51.6 Å². The monoisotopic (exact) mass is 624 g/mol. The molecule has 0 radical (unpaired) electrons. The standard InChI is InChI=1S/C43H48N2S/c1-2-3-22-40(30-36-32-45(37-20-10-5-11-21-37)43-28-17-16-27-41(36)43)46(38-23-12-6-13-24-38,39-25-14-7-15-26-39)33-34-29-42(44-31-34)35-18-8-4-9-19-35/h3,5-8,10-16,18-27,29,31,36,40-41,43-44H,2,4,9,17,28,30,32-33H2,1H3/b22-3-. The molecular formula is C43H48N2S. The maximum absolute atomic E-state index is 3.68. The molecule has 1 saturated heterocycles. The number of hydrogen-bond acceptors (Lipinski definition) is 1. The Morgan fingerprint density at radius 3 is 2.26 bits per heavy atom. The van der Waals surface area contributed by atoms with Crippen molar-refractivity contribution in [2.24, 2.45) is 11.8 Å². The zero-order valence-electron chi connectivity index (χ0n) is 27.2. The molecule has 3 aliphatic rings. The van der Waals surface area contributed by atoms with Crippen LogP contribution in [0.1, 0.15) is 56.7 Å². The van der Waals surface area contributed by atoms with Crippen molar-refractivity contribution >= 4 is 21.3 Å². The van der Waals surface area contributed by atoms with Crippen molar-refractivity contribution in [3.8, 4) is 0 Å². The van der Waals surface area contributed by atoms with E-state index < -0.39 is 10.0 Å². The Balaban J connectivity index is 1.33.